The van der Waals surface area contributed by atoms with Crippen LogP contribution in [0.3, 0.4) is 0 Å². The lowest BCUT2D eigenvalue weighted by Gasteiger charge is -2.39. The van der Waals surface area contributed by atoms with Gasteiger partial charge in [0.1, 0.15) is 5.82 Å². The van der Waals surface area contributed by atoms with Gasteiger partial charge in [0.05, 0.1) is 12.0 Å². The monoisotopic (exact) mass is 312 g/mol. The van der Waals surface area contributed by atoms with Crippen LogP contribution >= 0.6 is 0 Å². The van der Waals surface area contributed by atoms with E-state index in [-0.39, 0.29) is 11.8 Å². The number of nitrogens with zero attached hydrogens (tertiary/aromatic N) is 1. The van der Waals surface area contributed by atoms with Gasteiger partial charge in [-0.25, -0.2) is 4.39 Å². The number of carbonyl (C=O) groups is 2. The maximum Gasteiger partial charge on any atom is 0.254 e. The maximum absolute atomic E-state index is 14.3. The molecule has 0 aliphatic carbocycles. The van der Waals surface area contributed by atoms with E-state index in [1.54, 1.807) is 56.6 Å². The van der Waals surface area contributed by atoms with Gasteiger partial charge in [0.25, 0.3) is 5.91 Å². The zero-order chi connectivity index (χ0) is 16.6. The summed E-state index contributed by atoms with van der Waals surface area (Å²) in [5, 5.41) is 2.63. The van der Waals surface area contributed by atoms with Crippen molar-refractivity contribution in [1.29, 1.82) is 0 Å². The first-order valence-corrected chi connectivity index (χ1v) is 7.38. The SMILES string of the molecule is CNC(=O)C1c2ccccc2C(=O)N(C)C1c1ccccc1F. The number of hydrogen-bond donors (Lipinski definition) is 1. The van der Waals surface area contributed by atoms with Crippen molar-refractivity contribution in [3.8, 4) is 0 Å². The molecule has 3 rings (SSSR count). The quantitative estimate of drug-likeness (QED) is 0.926. The molecule has 0 fully saturated rings. The molecule has 2 unspecified atom stereocenters. The minimum atomic E-state index is -0.682. The molecule has 1 N–H and O–H groups in total. The topological polar surface area (TPSA) is 49.4 Å². The Morgan fingerprint density at radius 1 is 1.09 bits per heavy atom. The number of fused-ring (bicyclic) bond motifs is 1. The standard InChI is InChI=1S/C18H17FN2O2/c1-20-17(22)15-11-7-3-4-8-12(11)18(23)21(2)16(15)13-9-5-6-10-14(13)19/h3-10,15-16H,1-2H3,(H,20,22). The zero-order valence-corrected chi connectivity index (χ0v) is 12.9. The number of nitrogens with one attached hydrogen (secondary N) is 1. The van der Waals surface area contributed by atoms with Crippen LogP contribution in [0.2, 0.25) is 0 Å². The third-order valence-electron chi connectivity index (χ3n) is 4.33. The van der Waals surface area contributed by atoms with E-state index >= 15 is 0 Å². The lowest BCUT2D eigenvalue weighted by molar-refractivity contribution is -0.123. The van der Waals surface area contributed by atoms with Crippen LogP contribution in [0.1, 0.15) is 33.4 Å². The van der Waals surface area contributed by atoms with Gasteiger partial charge in [-0.3, -0.25) is 9.59 Å². The predicted octanol–water partition coefficient (Wildman–Crippen LogP) is 2.48. The molecule has 1 aliphatic heterocycles. The molecule has 1 heterocycles. The first-order valence-electron chi connectivity index (χ1n) is 7.38. The van der Waals surface area contributed by atoms with Gasteiger partial charge in [0, 0.05) is 25.2 Å². The van der Waals surface area contributed by atoms with Crippen molar-refractivity contribution in [2.24, 2.45) is 0 Å². The third-order valence-corrected chi connectivity index (χ3v) is 4.33. The van der Waals surface area contributed by atoms with Gasteiger partial charge in [-0.15, -0.1) is 0 Å². The Morgan fingerprint density at radius 2 is 1.70 bits per heavy atom. The molecule has 23 heavy (non-hydrogen) atoms. The van der Waals surface area contributed by atoms with Crippen LogP contribution in [0, 0.1) is 5.82 Å². The van der Waals surface area contributed by atoms with Gasteiger partial charge in [0.2, 0.25) is 5.91 Å². The fourth-order valence-electron chi connectivity index (χ4n) is 3.22. The van der Waals surface area contributed by atoms with Crippen molar-refractivity contribution in [2.45, 2.75) is 12.0 Å². The van der Waals surface area contributed by atoms with E-state index in [9.17, 15) is 14.0 Å². The summed E-state index contributed by atoms with van der Waals surface area (Å²) in [5.74, 6) is -1.54. The summed E-state index contributed by atoms with van der Waals surface area (Å²) in [7, 11) is 3.14. The Labute approximate surface area is 133 Å². The second-order valence-electron chi connectivity index (χ2n) is 5.56. The first-order chi connectivity index (χ1) is 11.1. The fourth-order valence-corrected chi connectivity index (χ4v) is 3.22. The molecule has 2 aromatic carbocycles. The van der Waals surface area contributed by atoms with E-state index < -0.39 is 17.8 Å². The molecule has 0 bridgehead atoms. The molecule has 2 atom stereocenters. The molecule has 0 saturated heterocycles. The van der Waals surface area contributed by atoms with Gasteiger partial charge in [-0.2, -0.15) is 0 Å². The van der Waals surface area contributed by atoms with Crippen LogP contribution in [0.4, 0.5) is 4.39 Å². The number of benzene rings is 2. The lowest BCUT2D eigenvalue weighted by Crippen LogP contribution is -2.45. The van der Waals surface area contributed by atoms with Crippen molar-refractivity contribution in [1.82, 2.24) is 10.2 Å². The predicted molar refractivity (Wildman–Crippen MR) is 84.5 cm³/mol. The van der Waals surface area contributed by atoms with Gasteiger partial charge < -0.3 is 10.2 Å². The van der Waals surface area contributed by atoms with E-state index in [4.69, 9.17) is 0 Å². The molecule has 0 radical (unpaired) electrons. The number of rotatable bonds is 2. The Bertz CT molecular complexity index is 775. The van der Waals surface area contributed by atoms with Gasteiger partial charge in [-0.05, 0) is 17.7 Å². The number of carbonyl (C=O) groups excluding carboxylic acids is 2. The van der Waals surface area contributed by atoms with Gasteiger partial charge in [-0.1, -0.05) is 36.4 Å². The Hall–Kier alpha value is -2.69. The molecular weight excluding hydrogens is 295 g/mol. The summed E-state index contributed by atoms with van der Waals surface area (Å²) in [6.45, 7) is 0. The Balaban J connectivity index is 2.23. The minimum Gasteiger partial charge on any atom is -0.359 e. The molecule has 0 saturated carbocycles. The molecular formula is C18H17FN2O2. The average Bonchev–Trinajstić information content (AvgIpc) is 2.58. The second-order valence-corrected chi connectivity index (χ2v) is 5.56. The number of halogens is 1. The molecule has 0 spiro atoms. The zero-order valence-electron chi connectivity index (χ0n) is 12.9. The molecule has 2 aromatic rings. The second kappa shape index (κ2) is 5.83. The van der Waals surface area contributed by atoms with Crippen LogP contribution in [0.25, 0.3) is 0 Å². The highest BCUT2D eigenvalue weighted by molar-refractivity contribution is 6.01. The molecule has 5 heteroatoms. The Morgan fingerprint density at radius 3 is 2.35 bits per heavy atom. The summed E-state index contributed by atoms with van der Waals surface area (Å²) in [6.07, 6.45) is 0. The van der Waals surface area contributed by atoms with Gasteiger partial charge in [0.15, 0.2) is 0 Å². The smallest absolute Gasteiger partial charge is 0.254 e. The van der Waals surface area contributed by atoms with Crippen LogP contribution < -0.4 is 5.32 Å². The van der Waals surface area contributed by atoms with Crippen LogP contribution in [0.5, 0.6) is 0 Å². The third kappa shape index (κ3) is 2.38. The molecule has 2 amide bonds. The highest BCUT2D eigenvalue weighted by Crippen LogP contribution is 2.42. The number of amides is 2. The van der Waals surface area contributed by atoms with Crippen molar-refractivity contribution in [3.63, 3.8) is 0 Å². The molecule has 0 aromatic heterocycles. The van der Waals surface area contributed by atoms with Crippen molar-refractivity contribution >= 4 is 11.8 Å². The number of hydrogen-bond acceptors (Lipinski definition) is 2. The van der Waals surface area contributed by atoms with Crippen LogP contribution in [-0.2, 0) is 4.79 Å². The van der Waals surface area contributed by atoms with E-state index in [0.717, 1.165) is 0 Å². The molecule has 118 valence electrons. The Kier molecular flexibility index (Phi) is 3.86. The largest absolute Gasteiger partial charge is 0.359 e. The summed E-state index contributed by atoms with van der Waals surface area (Å²) >= 11 is 0. The first kappa shape index (κ1) is 15.2. The normalized spacial score (nSPS) is 20.1. The van der Waals surface area contributed by atoms with E-state index in [1.165, 1.54) is 11.0 Å². The van der Waals surface area contributed by atoms with Crippen molar-refractivity contribution < 1.29 is 14.0 Å². The highest BCUT2D eigenvalue weighted by atomic mass is 19.1. The van der Waals surface area contributed by atoms with E-state index in [1.807, 2.05) is 0 Å². The highest BCUT2D eigenvalue weighted by Gasteiger charge is 2.43. The maximum atomic E-state index is 14.3. The summed E-state index contributed by atoms with van der Waals surface area (Å²) in [4.78, 5) is 26.6. The van der Waals surface area contributed by atoms with E-state index in [2.05, 4.69) is 5.32 Å². The number of likely N-dealkylation sites (N-methyl/N-ethyl adjacent to an activating group) is 2. The van der Waals surface area contributed by atoms with Gasteiger partial charge >= 0.3 is 0 Å². The lowest BCUT2D eigenvalue weighted by atomic mass is 9.79. The van der Waals surface area contributed by atoms with Crippen molar-refractivity contribution in [3.05, 3.63) is 71.0 Å². The molecule has 1 aliphatic rings. The summed E-state index contributed by atoms with van der Waals surface area (Å²) in [5.41, 5.74) is 1.45. The fraction of sp³-hybridized carbons (Fsp3) is 0.222. The summed E-state index contributed by atoms with van der Waals surface area (Å²) in [6, 6.07) is 12.6. The minimum absolute atomic E-state index is 0.214. The average molecular weight is 312 g/mol. The summed E-state index contributed by atoms with van der Waals surface area (Å²) < 4.78 is 14.3. The van der Waals surface area contributed by atoms with Crippen LogP contribution in [0.15, 0.2) is 48.5 Å². The molecule has 4 nitrogen and oxygen atoms in total. The van der Waals surface area contributed by atoms with Crippen LogP contribution in [-0.4, -0.2) is 30.8 Å². The van der Waals surface area contributed by atoms with Crippen molar-refractivity contribution in [2.75, 3.05) is 14.1 Å². The van der Waals surface area contributed by atoms with E-state index in [0.29, 0.717) is 16.7 Å².